The Hall–Kier alpha value is -2.76. The zero-order valence-electron chi connectivity index (χ0n) is 15.7. The minimum absolute atomic E-state index is 0.0171. The molecule has 1 aliphatic rings. The standard InChI is InChI=1S/C23H22N2O2S/c1-16(26)17-7-9-19(10-8-17)24-22(27)15-25-13-11-21-20(12-14-28-21)23(25)18-5-3-2-4-6-18/h2-10,12,14,23H,11,13,15H2,1H3,(H,24,27)/t23-/m1/s1. The molecule has 4 rings (SSSR count). The van der Waals surface area contributed by atoms with Crippen LogP contribution < -0.4 is 5.32 Å². The molecular formula is C23H22N2O2S. The fourth-order valence-corrected chi connectivity index (χ4v) is 4.64. The first-order chi connectivity index (χ1) is 13.6. The van der Waals surface area contributed by atoms with Gasteiger partial charge in [-0.3, -0.25) is 14.5 Å². The average Bonchev–Trinajstić information content (AvgIpc) is 3.17. The van der Waals surface area contributed by atoms with Crippen molar-refractivity contribution in [3.8, 4) is 0 Å². The van der Waals surface area contributed by atoms with Crippen molar-refractivity contribution in [1.29, 1.82) is 0 Å². The molecule has 1 aliphatic heterocycles. The molecule has 0 aliphatic carbocycles. The fraction of sp³-hybridized carbons (Fsp3) is 0.217. The number of nitrogens with zero attached hydrogens (tertiary/aromatic N) is 1. The molecule has 142 valence electrons. The first kappa shape index (κ1) is 18.6. The Kier molecular flexibility index (Phi) is 5.37. The molecule has 28 heavy (non-hydrogen) atoms. The monoisotopic (exact) mass is 390 g/mol. The Bertz CT molecular complexity index is 979. The lowest BCUT2D eigenvalue weighted by atomic mass is 9.93. The van der Waals surface area contributed by atoms with E-state index in [0.717, 1.165) is 13.0 Å². The number of Topliss-reactive ketones (excluding diaryl/α,β-unsaturated/α-hetero) is 1. The molecule has 2 heterocycles. The van der Waals surface area contributed by atoms with Gasteiger partial charge in [-0.25, -0.2) is 0 Å². The molecule has 0 saturated heterocycles. The highest BCUT2D eigenvalue weighted by Gasteiger charge is 2.30. The number of amides is 1. The van der Waals surface area contributed by atoms with Gasteiger partial charge in [0.15, 0.2) is 5.78 Å². The molecule has 0 radical (unpaired) electrons. The number of anilines is 1. The molecule has 1 N–H and O–H groups in total. The Morgan fingerprint density at radius 1 is 1.07 bits per heavy atom. The van der Waals surface area contributed by atoms with Gasteiger partial charge in [0.2, 0.25) is 5.91 Å². The van der Waals surface area contributed by atoms with E-state index < -0.39 is 0 Å². The van der Waals surface area contributed by atoms with Crippen LogP contribution in [-0.2, 0) is 11.2 Å². The van der Waals surface area contributed by atoms with Crippen LogP contribution >= 0.6 is 11.3 Å². The van der Waals surface area contributed by atoms with E-state index in [9.17, 15) is 9.59 Å². The van der Waals surface area contributed by atoms with Crippen LogP contribution in [0.5, 0.6) is 0 Å². The molecule has 0 saturated carbocycles. The summed E-state index contributed by atoms with van der Waals surface area (Å²) >= 11 is 1.80. The maximum absolute atomic E-state index is 12.7. The third kappa shape index (κ3) is 3.91. The quantitative estimate of drug-likeness (QED) is 0.651. The second-order valence-electron chi connectivity index (χ2n) is 7.01. The molecule has 0 unspecified atom stereocenters. The molecule has 3 aromatic rings. The second kappa shape index (κ2) is 8.09. The van der Waals surface area contributed by atoms with Gasteiger partial charge in [-0.15, -0.1) is 11.3 Å². The van der Waals surface area contributed by atoms with Gasteiger partial charge < -0.3 is 5.32 Å². The summed E-state index contributed by atoms with van der Waals surface area (Å²) in [7, 11) is 0. The fourth-order valence-electron chi connectivity index (χ4n) is 3.74. The van der Waals surface area contributed by atoms with Gasteiger partial charge in [-0.1, -0.05) is 30.3 Å². The first-order valence-corrected chi connectivity index (χ1v) is 10.3. The van der Waals surface area contributed by atoms with Crippen molar-refractivity contribution in [2.75, 3.05) is 18.4 Å². The Morgan fingerprint density at radius 3 is 2.54 bits per heavy atom. The Morgan fingerprint density at radius 2 is 1.82 bits per heavy atom. The molecule has 0 spiro atoms. The summed E-state index contributed by atoms with van der Waals surface area (Å²) in [6, 6.07) is 19.7. The van der Waals surface area contributed by atoms with Crippen molar-refractivity contribution in [3.63, 3.8) is 0 Å². The molecule has 1 aromatic heterocycles. The van der Waals surface area contributed by atoms with Crippen molar-refractivity contribution >= 4 is 28.7 Å². The topological polar surface area (TPSA) is 49.4 Å². The molecule has 4 nitrogen and oxygen atoms in total. The lowest BCUT2D eigenvalue weighted by molar-refractivity contribution is -0.117. The predicted octanol–water partition coefficient (Wildman–Crippen LogP) is 4.54. The summed E-state index contributed by atoms with van der Waals surface area (Å²) < 4.78 is 0. The maximum atomic E-state index is 12.7. The number of ketones is 1. The molecule has 2 aromatic carbocycles. The summed E-state index contributed by atoms with van der Waals surface area (Å²) in [6.45, 7) is 2.71. The van der Waals surface area contributed by atoms with Crippen LogP contribution in [0.4, 0.5) is 5.69 Å². The van der Waals surface area contributed by atoms with E-state index >= 15 is 0 Å². The smallest absolute Gasteiger partial charge is 0.238 e. The predicted molar refractivity (Wildman–Crippen MR) is 113 cm³/mol. The average molecular weight is 391 g/mol. The van der Waals surface area contributed by atoms with E-state index in [-0.39, 0.29) is 17.7 Å². The van der Waals surface area contributed by atoms with Crippen molar-refractivity contribution in [1.82, 2.24) is 4.90 Å². The van der Waals surface area contributed by atoms with E-state index in [1.807, 2.05) is 18.2 Å². The number of carbonyl (C=O) groups excluding carboxylic acids is 2. The van der Waals surface area contributed by atoms with Crippen LogP contribution in [0.2, 0.25) is 0 Å². The number of benzene rings is 2. The first-order valence-electron chi connectivity index (χ1n) is 9.38. The van der Waals surface area contributed by atoms with E-state index in [0.29, 0.717) is 17.8 Å². The zero-order chi connectivity index (χ0) is 19.5. The minimum Gasteiger partial charge on any atom is -0.325 e. The number of hydrogen-bond acceptors (Lipinski definition) is 4. The molecule has 5 heteroatoms. The second-order valence-corrected chi connectivity index (χ2v) is 8.02. The number of carbonyl (C=O) groups is 2. The highest BCUT2D eigenvalue weighted by Crippen LogP contribution is 2.37. The molecule has 1 atom stereocenters. The van der Waals surface area contributed by atoms with Crippen LogP contribution in [-0.4, -0.2) is 29.7 Å². The van der Waals surface area contributed by atoms with E-state index in [1.165, 1.54) is 22.9 Å². The number of fused-ring (bicyclic) bond motifs is 1. The van der Waals surface area contributed by atoms with Crippen LogP contribution in [0.1, 0.15) is 39.3 Å². The van der Waals surface area contributed by atoms with Gasteiger partial charge in [0.1, 0.15) is 0 Å². The Labute approximate surface area is 168 Å². The highest BCUT2D eigenvalue weighted by molar-refractivity contribution is 7.10. The maximum Gasteiger partial charge on any atom is 0.238 e. The lowest BCUT2D eigenvalue weighted by Gasteiger charge is -2.35. The minimum atomic E-state index is -0.0461. The van der Waals surface area contributed by atoms with Crippen LogP contribution in [0.25, 0.3) is 0 Å². The van der Waals surface area contributed by atoms with Gasteiger partial charge in [0.05, 0.1) is 12.6 Å². The van der Waals surface area contributed by atoms with Crippen molar-refractivity contribution in [2.24, 2.45) is 0 Å². The van der Waals surface area contributed by atoms with Crippen molar-refractivity contribution in [2.45, 2.75) is 19.4 Å². The van der Waals surface area contributed by atoms with Gasteiger partial charge in [0, 0.05) is 22.7 Å². The normalized spacial score (nSPS) is 16.4. The highest BCUT2D eigenvalue weighted by atomic mass is 32.1. The summed E-state index contributed by atoms with van der Waals surface area (Å²) in [5, 5.41) is 5.10. The van der Waals surface area contributed by atoms with Crippen molar-refractivity contribution < 1.29 is 9.59 Å². The van der Waals surface area contributed by atoms with Crippen molar-refractivity contribution in [3.05, 3.63) is 87.6 Å². The molecule has 0 bridgehead atoms. The van der Waals surface area contributed by atoms with Crippen LogP contribution in [0.3, 0.4) is 0 Å². The lowest BCUT2D eigenvalue weighted by Crippen LogP contribution is -2.40. The number of thiophene rings is 1. The van der Waals surface area contributed by atoms with E-state index in [2.05, 4.69) is 33.8 Å². The van der Waals surface area contributed by atoms with Gasteiger partial charge in [0.25, 0.3) is 0 Å². The largest absolute Gasteiger partial charge is 0.325 e. The number of nitrogens with one attached hydrogen (secondary N) is 1. The van der Waals surface area contributed by atoms with Gasteiger partial charge >= 0.3 is 0 Å². The summed E-state index contributed by atoms with van der Waals surface area (Å²) in [5.41, 5.74) is 3.86. The summed E-state index contributed by atoms with van der Waals surface area (Å²) in [5.74, 6) is -0.0290. The third-order valence-electron chi connectivity index (χ3n) is 5.10. The number of hydrogen-bond donors (Lipinski definition) is 1. The van der Waals surface area contributed by atoms with E-state index in [1.54, 1.807) is 35.6 Å². The summed E-state index contributed by atoms with van der Waals surface area (Å²) in [6.07, 6.45) is 0.969. The SMILES string of the molecule is CC(=O)c1ccc(NC(=O)CN2CCc3sccc3[C@H]2c2ccccc2)cc1. The van der Waals surface area contributed by atoms with Gasteiger partial charge in [-0.05, 0) is 60.2 Å². The molecule has 0 fully saturated rings. The van der Waals surface area contributed by atoms with Crippen LogP contribution in [0.15, 0.2) is 66.0 Å². The molecule has 1 amide bonds. The Balaban J connectivity index is 1.51. The van der Waals surface area contributed by atoms with Crippen LogP contribution in [0, 0.1) is 0 Å². The summed E-state index contributed by atoms with van der Waals surface area (Å²) in [4.78, 5) is 27.8. The van der Waals surface area contributed by atoms with Gasteiger partial charge in [-0.2, -0.15) is 0 Å². The zero-order valence-corrected chi connectivity index (χ0v) is 16.5. The molecular weight excluding hydrogens is 368 g/mol. The third-order valence-corrected chi connectivity index (χ3v) is 6.10. The van der Waals surface area contributed by atoms with E-state index in [4.69, 9.17) is 0 Å². The number of rotatable bonds is 5.